The number of hydrogen-bond acceptors (Lipinski definition) is 5. The molecule has 1 aromatic heterocycles. The third-order valence-corrected chi connectivity index (χ3v) is 4.52. The molecule has 5 nitrogen and oxygen atoms in total. The number of hydrogen-bond donors (Lipinski definition) is 1. The highest BCUT2D eigenvalue weighted by Crippen LogP contribution is 2.29. The van der Waals surface area contributed by atoms with Gasteiger partial charge in [-0.3, -0.25) is 4.79 Å². The van der Waals surface area contributed by atoms with Crippen LogP contribution in [0.3, 0.4) is 0 Å². The van der Waals surface area contributed by atoms with E-state index < -0.39 is 5.97 Å². The molecular weight excluding hydrogens is 348 g/mol. The van der Waals surface area contributed by atoms with Gasteiger partial charge in [-0.15, -0.1) is 11.3 Å². The predicted molar refractivity (Wildman–Crippen MR) is 95.4 cm³/mol. The molecule has 1 amide bonds. The van der Waals surface area contributed by atoms with Crippen molar-refractivity contribution >= 4 is 34.8 Å². The summed E-state index contributed by atoms with van der Waals surface area (Å²) in [6.07, 6.45) is 0. The molecule has 24 heavy (non-hydrogen) atoms. The highest BCUT2D eigenvalue weighted by Gasteiger charge is 2.18. The molecule has 0 unspecified atom stereocenters. The lowest BCUT2D eigenvalue weighted by atomic mass is 10.2. The van der Waals surface area contributed by atoms with E-state index in [1.807, 2.05) is 26.0 Å². The van der Waals surface area contributed by atoms with Crippen molar-refractivity contribution < 1.29 is 14.3 Å². The van der Waals surface area contributed by atoms with Gasteiger partial charge in [-0.05, 0) is 25.0 Å². The second-order valence-electron chi connectivity index (χ2n) is 5.72. The van der Waals surface area contributed by atoms with E-state index in [-0.39, 0.29) is 12.5 Å². The number of benzene rings is 1. The largest absolute Gasteiger partial charge is 0.451 e. The number of carbonyl (C=O) groups excluding carboxylic acids is 2. The number of aryl methyl sites for hydroxylation is 1. The molecule has 1 heterocycles. The minimum atomic E-state index is -0.544. The maximum Gasteiger partial charge on any atom is 0.350 e. The molecule has 1 N–H and O–H groups in total. The van der Waals surface area contributed by atoms with Crippen LogP contribution in [-0.4, -0.2) is 30.0 Å². The Hall–Kier alpha value is -1.92. The first kappa shape index (κ1) is 18.4. The topological polar surface area (TPSA) is 68.3 Å². The van der Waals surface area contributed by atoms with E-state index in [0.717, 1.165) is 5.56 Å². The second-order valence-corrected chi connectivity index (χ2v) is 7.15. The Morgan fingerprint density at radius 3 is 2.79 bits per heavy atom. The Kier molecular flexibility index (Phi) is 6.34. The van der Waals surface area contributed by atoms with E-state index in [4.69, 9.17) is 16.3 Å². The SMILES string of the molecule is Cc1nc(-c2cccc(Cl)c2)sc1C(=O)OCC(=O)NCC(C)C. The standard InChI is InChI=1S/C17H19ClN2O3S/c1-10(2)8-19-14(21)9-23-17(22)15-11(3)20-16(24-15)12-5-4-6-13(18)7-12/h4-7,10H,8-9H2,1-3H3,(H,19,21). The first-order chi connectivity index (χ1) is 11.4. The molecule has 0 saturated carbocycles. The van der Waals surface area contributed by atoms with Crippen molar-refractivity contribution in [3.8, 4) is 10.6 Å². The molecule has 0 aliphatic carbocycles. The van der Waals surface area contributed by atoms with Crippen LogP contribution in [-0.2, 0) is 9.53 Å². The maximum atomic E-state index is 12.2. The van der Waals surface area contributed by atoms with Crippen molar-refractivity contribution in [3.63, 3.8) is 0 Å². The van der Waals surface area contributed by atoms with Gasteiger partial charge in [0.05, 0.1) is 5.69 Å². The fourth-order valence-corrected chi connectivity index (χ4v) is 3.04. The van der Waals surface area contributed by atoms with Gasteiger partial charge in [0.15, 0.2) is 6.61 Å². The normalized spacial score (nSPS) is 10.7. The Bertz CT molecular complexity index is 743. The number of thiazole rings is 1. The van der Waals surface area contributed by atoms with Crippen molar-refractivity contribution in [1.29, 1.82) is 0 Å². The van der Waals surface area contributed by atoms with Crippen LogP contribution in [0.1, 0.15) is 29.2 Å². The van der Waals surface area contributed by atoms with E-state index >= 15 is 0 Å². The van der Waals surface area contributed by atoms with E-state index in [2.05, 4.69) is 10.3 Å². The monoisotopic (exact) mass is 366 g/mol. The van der Waals surface area contributed by atoms with Gasteiger partial charge in [0, 0.05) is 17.1 Å². The minimum Gasteiger partial charge on any atom is -0.451 e. The van der Waals surface area contributed by atoms with E-state index in [0.29, 0.717) is 33.1 Å². The highest BCUT2D eigenvalue weighted by molar-refractivity contribution is 7.17. The maximum absolute atomic E-state index is 12.2. The Balaban J connectivity index is 2.02. The van der Waals surface area contributed by atoms with Crippen LogP contribution in [0.25, 0.3) is 10.6 Å². The van der Waals surface area contributed by atoms with Crippen LogP contribution in [0.15, 0.2) is 24.3 Å². The number of nitrogens with zero attached hydrogens (tertiary/aromatic N) is 1. The summed E-state index contributed by atoms with van der Waals surface area (Å²) in [6, 6.07) is 7.26. The number of esters is 1. The van der Waals surface area contributed by atoms with Gasteiger partial charge in [-0.2, -0.15) is 0 Å². The first-order valence-electron chi connectivity index (χ1n) is 7.54. The average molecular weight is 367 g/mol. The van der Waals surface area contributed by atoms with E-state index in [9.17, 15) is 9.59 Å². The van der Waals surface area contributed by atoms with Crippen LogP contribution in [0, 0.1) is 12.8 Å². The van der Waals surface area contributed by atoms with Gasteiger partial charge < -0.3 is 10.1 Å². The molecule has 1 aromatic carbocycles. The fraction of sp³-hybridized carbons (Fsp3) is 0.353. The zero-order chi connectivity index (χ0) is 17.7. The molecule has 0 radical (unpaired) electrons. The smallest absolute Gasteiger partial charge is 0.350 e. The molecule has 2 aromatic rings. The van der Waals surface area contributed by atoms with Gasteiger partial charge in [-0.1, -0.05) is 37.6 Å². The lowest BCUT2D eigenvalue weighted by molar-refractivity contribution is -0.124. The summed E-state index contributed by atoms with van der Waals surface area (Å²) >= 11 is 7.20. The Morgan fingerprint density at radius 1 is 1.38 bits per heavy atom. The minimum absolute atomic E-state index is 0.296. The summed E-state index contributed by atoms with van der Waals surface area (Å²) in [4.78, 5) is 28.6. The molecule has 0 saturated heterocycles. The summed E-state index contributed by atoms with van der Waals surface area (Å²) in [6.45, 7) is 5.97. The molecule has 0 bridgehead atoms. The van der Waals surface area contributed by atoms with Gasteiger partial charge >= 0.3 is 5.97 Å². The van der Waals surface area contributed by atoms with Crippen LogP contribution in [0.4, 0.5) is 0 Å². The van der Waals surface area contributed by atoms with Crippen molar-refractivity contribution in [3.05, 3.63) is 39.9 Å². The fourth-order valence-electron chi connectivity index (χ4n) is 1.90. The first-order valence-corrected chi connectivity index (χ1v) is 8.73. The summed E-state index contributed by atoms with van der Waals surface area (Å²) in [7, 11) is 0. The third-order valence-electron chi connectivity index (χ3n) is 3.10. The van der Waals surface area contributed by atoms with Crippen molar-refractivity contribution in [2.24, 2.45) is 5.92 Å². The quantitative estimate of drug-likeness (QED) is 0.791. The van der Waals surface area contributed by atoms with Crippen LogP contribution >= 0.6 is 22.9 Å². The molecule has 0 aliphatic heterocycles. The second kappa shape index (κ2) is 8.26. The zero-order valence-electron chi connectivity index (χ0n) is 13.8. The zero-order valence-corrected chi connectivity index (χ0v) is 15.3. The molecule has 0 atom stereocenters. The number of carbonyl (C=O) groups is 2. The van der Waals surface area contributed by atoms with Crippen LogP contribution in [0.5, 0.6) is 0 Å². The molecule has 7 heteroatoms. The lowest BCUT2D eigenvalue weighted by Crippen LogP contribution is -2.31. The number of halogens is 1. The molecule has 0 spiro atoms. The Labute approximate surface area is 150 Å². The summed E-state index contributed by atoms with van der Waals surface area (Å²) in [5.41, 5.74) is 1.41. The number of aromatic nitrogens is 1. The number of nitrogens with one attached hydrogen (secondary N) is 1. The molecule has 2 rings (SSSR count). The van der Waals surface area contributed by atoms with Gasteiger partial charge in [0.25, 0.3) is 5.91 Å². The third kappa shape index (κ3) is 5.04. The summed E-state index contributed by atoms with van der Waals surface area (Å²) in [5.74, 6) is -0.513. The van der Waals surface area contributed by atoms with Crippen LogP contribution in [0.2, 0.25) is 5.02 Å². The predicted octanol–water partition coefficient (Wildman–Crippen LogP) is 3.70. The van der Waals surface area contributed by atoms with Gasteiger partial charge in [0.2, 0.25) is 0 Å². The number of ether oxygens (including phenoxy) is 1. The van der Waals surface area contributed by atoms with E-state index in [1.165, 1.54) is 11.3 Å². The van der Waals surface area contributed by atoms with Gasteiger partial charge in [0.1, 0.15) is 9.88 Å². The molecular formula is C17H19ClN2O3S. The van der Waals surface area contributed by atoms with Crippen LogP contribution < -0.4 is 5.32 Å². The highest BCUT2D eigenvalue weighted by atomic mass is 35.5. The van der Waals surface area contributed by atoms with Gasteiger partial charge in [-0.25, -0.2) is 9.78 Å². The molecule has 128 valence electrons. The average Bonchev–Trinajstić information content (AvgIpc) is 2.92. The number of rotatable bonds is 6. The Morgan fingerprint density at radius 2 is 2.12 bits per heavy atom. The summed E-state index contributed by atoms with van der Waals surface area (Å²) in [5, 5.41) is 3.99. The van der Waals surface area contributed by atoms with Crippen molar-refractivity contribution in [2.75, 3.05) is 13.2 Å². The van der Waals surface area contributed by atoms with Crippen molar-refractivity contribution in [1.82, 2.24) is 10.3 Å². The molecule has 0 aliphatic rings. The van der Waals surface area contributed by atoms with E-state index in [1.54, 1.807) is 19.1 Å². The number of amides is 1. The van der Waals surface area contributed by atoms with Crippen molar-refractivity contribution in [2.45, 2.75) is 20.8 Å². The lowest BCUT2D eigenvalue weighted by Gasteiger charge is -2.07. The summed E-state index contributed by atoms with van der Waals surface area (Å²) < 4.78 is 5.07. The molecule has 0 fully saturated rings.